The van der Waals surface area contributed by atoms with Gasteiger partial charge in [0, 0.05) is 57.3 Å². The summed E-state index contributed by atoms with van der Waals surface area (Å²) in [6.07, 6.45) is 1.23. The normalized spacial score (nSPS) is 24.0. The lowest BCUT2D eigenvalue weighted by Gasteiger charge is -2.32. The van der Waals surface area contributed by atoms with E-state index in [0.29, 0.717) is 13.0 Å². The Morgan fingerprint density at radius 2 is 1.82 bits per heavy atom. The largest absolute Gasteiger partial charge is 0.312 e. The lowest BCUT2D eigenvalue weighted by molar-refractivity contribution is -0.119. The van der Waals surface area contributed by atoms with E-state index in [-0.39, 0.29) is 11.8 Å². The first kappa shape index (κ1) is 15.2. The van der Waals surface area contributed by atoms with Crippen LogP contribution in [0.15, 0.2) is 24.3 Å². The highest BCUT2D eigenvalue weighted by atomic mass is 16.2. The van der Waals surface area contributed by atoms with E-state index in [0.717, 1.165) is 44.7 Å². The van der Waals surface area contributed by atoms with Gasteiger partial charge in [-0.15, -0.1) is 0 Å². The van der Waals surface area contributed by atoms with Gasteiger partial charge in [0.2, 0.25) is 5.91 Å². The van der Waals surface area contributed by atoms with Gasteiger partial charge in [0.25, 0.3) is 0 Å². The Hall–Kier alpha value is -1.72. The zero-order valence-corrected chi connectivity index (χ0v) is 13.1. The molecule has 2 heterocycles. The molecule has 118 valence electrons. The lowest BCUT2D eigenvalue weighted by Crippen LogP contribution is -2.43. The van der Waals surface area contributed by atoms with Crippen molar-refractivity contribution in [3.05, 3.63) is 29.8 Å². The fraction of sp³-hybridized carbons (Fsp3) is 0.529. The van der Waals surface area contributed by atoms with E-state index < -0.39 is 0 Å². The molecule has 1 atom stereocenters. The number of likely N-dealkylation sites (N-methyl/N-ethyl adjacent to an activating group) is 1. The predicted molar refractivity (Wildman–Crippen MR) is 85.7 cm³/mol. The molecule has 1 aromatic rings. The predicted octanol–water partition coefficient (Wildman–Crippen LogP) is 0.986. The number of rotatable bonds is 4. The Morgan fingerprint density at radius 3 is 2.41 bits per heavy atom. The number of hydrogen-bond acceptors (Lipinski definition) is 4. The fourth-order valence-electron chi connectivity index (χ4n) is 3.12. The van der Waals surface area contributed by atoms with Crippen LogP contribution in [0, 0.1) is 5.92 Å². The monoisotopic (exact) mass is 301 g/mol. The molecule has 0 radical (unpaired) electrons. The summed E-state index contributed by atoms with van der Waals surface area (Å²) in [6.45, 7) is 5.91. The number of carbonyl (C=O) groups excluding carboxylic acids is 2. The molecule has 0 aliphatic carbocycles. The number of hydrogen-bond donors (Lipinski definition) is 0. The van der Waals surface area contributed by atoms with Crippen LogP contribution in [0.5, 0.6) is 0 Å². The second kappa shape index (κ2) is 6.58. The molecular weight excluding hydrogens is 278 g/mol. The van der Waals surface area contributed by atoms with Crippen LogP contribution in [0.1, 0.15) is 12.0 Å². The topological polar surface area (TPSA) is 43.9 Å². The Balaban J connectivity index is 1.61. The third-order valence-electron chi connectivity index (χ3n) is 4.60. The maximum absolute atomic E-state index is 11.9. The van der Waals surface area contributed by atoms with Gasteiger partial charge in [-0.1, -0.05) is 12.1 Å². The van der Waals surface area contributed by atoms with Crippen molar-refractivity contribution in [1.82, 2.24) is 9.80 Å². The molecule has 0 bridgehead atoms. The van der Waals surface area contributed by atoms with E-state index in [1.54, 1.807) is 4.90 Å². The average Bonchev–Trinajstić information content (AvgIpc) is 2.91. The molecule has 1 amide bonds. The van der Waals surface area contributed by atoms with Crippen molar-refractivity contribution in [3.8, 4) is 0 Å². The summed E-state index contributed by atoms with van der Waals surface area (Å²) in [5.74, 6) is -0.110. The molecule has 2 aliphatic heterocycles. The van der Waals surface area contributed by atoms with E-state index >= 15 is 0 Å². The molecule has 5 nitrogen and oxygen atoms in total. The minimum Gasteiger partial charge on any atom is -0.312 e. The summed E-state index contributed by atoms with van der Waals surface area (Å²) in [4.78, 5) is 29.3. The van der Waals surface area contributed by atoms with Gasteiger partial charge >= 0.3 is 0 Å². The van der Waals surface area contributed by atoms with Gasteiger partial charge in [-0.2, -0.15) is 0 Å². The smallest absolute Gasteiger partial charge is 0.227 e. The second-order valence-electron chi connectivity index (χ2n) is 6.35. The van der Waals surface area contributed by atoms with Gasteiger partial charge in [0.1, 0.15) is 6.29 Å². The summed E-state index contributed by atoms with van der Waals surface area (Å²) >= 11 is 0. The van der Waals surface area contributed by atoms with Gasteiger partial charge in [-0.25, -0.2) is 0 Å². The summed E-state index contributed by atoms with van der Waals surface area (Å²) in [5.41, 5.74) is 2.17. The first-order chi connectivity index (χ1) is 10.7. The van der Waals surface area contributed by atoms with Crippen molar-refractivity contribution in [3.63, 3.8) is 0 Å². The standard InChI is InChI=1S/C17H23N3O2/c1-18-6-8-19(9-7-18)11-14-2-4-16(5-3-14)20-12-15(13-21)10-17(20)22/h2-5,13,15H,6-12H2,1H3. The van der Waals surface area contributed by atoms with E-state index in [4.69, 9.17) is 0 Å². The Bertz CT molecular complexity index is 535. The Kier molecular flexibility index (Phi) is 4.55. The van der Waals surface area contributed by atoms with Crippen LogP contribution < -0.4 is 4.90 Å². The molecule has 2 saturated heterocycles. The van der Waals surface area contributed by atoms with E-state index in [1.165, 1.54) is 5.56 Å². The number of carbonyl (C=O) groups is 2. The molecule has 2 aliphatic rings. The first-order valence-corrected chi connectivity index (χ1v) is 7.91. The van der Waals surface area contributed by atoms with Crippen molar-refractivity contribution >= 4 is 17.9 Å². The molecular formula is C17H23N3O2. The third-order valence-corrected chi connectivity index (χ3v) is 4.60. The van der Waals surface area contributed by atoms with Gasteiger partial charge in [0.05, 0.1) is 0 Å². The van der Waals surface area contributed by atoms with Crippen LogP contribution in [-0.4, -0.2) is 61.8 Å². The Morgan fingerprint density at radius 1 is 1.14 bits per heavy atom. The van der Waals surface area contributed by atoms with Crippen molar-refractivity contribution < 1.29 is 9.59 Å². The first-order valence-electron chi connectivity index (χ1n) is 7.91. The van der Waals surface area contributed by atoms with Crippen LogP contribution >= 0.6 is 0 Å². The van der Waals surface area contributed by atoms with Crippen LogP contribution in [0.4, 0.5) is 5.69 Å². The van der Waals surface area contributed by atoms with E-state index in [9.17, 15) is 9.59 Å². The molecule has 1 unspecified atom stereocenters. The third kappa shape index (κ3) is 3.36. The van der Waals surface area contributed by atoms with Crippen molar-refractivity contribution in [2.45, 2.75) is 13.0 Å². The number of aldehydes is 1. The molecule has 0 spiro atoms. The fourth-order valence-corrected chi connectivity index (χ4v) is 3.12. The highest BCUT2D eigenvalue weighted by Gasteiger charge is 2.30. The zero-order valence-electron chi connectivity index (χ0n) is 13.1. The molecule has 0 saturated carbocycles. The van der Waals surface area contributed by atoms with Gasteiger partial charge in [-0.3, -0.25) is 9.69 Å². The number of benzene rings is 1. The molecule has 5 heteroatoms. The second-order valence-corrected chi connectivity index (χ2v) is 6.35. The average molecular weight is 301 g/mol. The molecule has 3 rings (SSSR count). The number of amides is 1. The Labute approximate surface area is 131 Å². The maximum atomic E-state index is 11.9. The van der Waals surface area contributed by atoms with Crippen molar-refractivity contribution in [2.24, 2.45) is 5.92 Å². The SMILES string of the molecule is CN1CCN(Cc2ccc(N3CC(C=O)CC3=O)cc2)CC1. The van der Waals surface area contributed by atoms with Crippen LogP contribution in [0.25, 0.3) is 0 Å². The summed E-state index contributed by atoms with van der Waals surface area (Å²) in [7, 11) is 2.16. The van der Waals surface area contributed by atoms with E-state index in [2.05, 4.69) is 29.0 Å². The van der Waals surface area contributed by atoms with Crippen molar-refractivity contribution in [2.75, 3.05) is 44.7 Å². The number of piperazine rings is 1. The minimum absolute atomic E-state index is 0.0453. The molecule has 0 N–H and O–H groups in total. The summed E-state index contributed by atoms with van der Waals surface area (Å²) in [6, 6.07) is 8.18. The number of nitrogens with zero attached hydrogens (tertiary/aromatic N) is 3. The van der Waals surface area contributed by atoms with Gasteiger partial charge in [-0.05, 0) is 24.7 Å². The lowest BCUT2D eigenvalue weighted by atomic mass is 10.1. The van der Waals surface area contributed by atoms with Crippen LogP contribution in [-0.2, 0) is 16.1 Å². The summed E-state index contributed by atoms with van der Waals surface area (Å²) in [5, 5.41) is 0. The molecule has 1 aromatic carbocycles. The maximum Gasteiger partial charge on any atom is 0.227 e. The van der Waals surface area contributed by atoms with Crippen LogP contribution in [0.2, 0.25) is 0 Å². The highest BCUT2D eigenvalue weighted by Crippen LogP contribution is 2.24. The van der Waals surface area contributed by atoms with Gasteiger partial charge in [0.15, 0.2) is 0 Å². The minimum atomic E-state index is -0.155. The van der Waals surface area contributed by atoms with Gasteiger partial charge < -0.3 is 14.6 Å². The van der Waals surface area contributed by atoms with Crippen LogP contribution in [0.3, 0.4) is 0 Å². The molecule has 22 heavy (non-hydrogen) atoms. The molecule has 0 aromatic heterocycles. The highest BCUT2D eigenvalue weighted by molar-refractivity contribution is 5.97. The summed E-state index contributed by atoms with van der Waals surface area (Å²) < 4.78 is 0. The number of anilines is 1. The zero-order chi connectivity index (χ0) is 15.5. The van der Waals surface area contributed by atoms with Crippen molar-refractivity contribution in [1.29, 1.82) is 0 Å². The quantitative estimate of drug-likeness (QED) is 0.778. The molecule has 2 fully saturated rings. The van der Waals surface area contributed by atoms with E-state index in [1.807, 2.05) is 12.1 Å².